The van der Waals surface area contributed by atoms with Gasteiger partial charge in [0.05, 0.1) is 13.2 Å². The molecule has 2 aliphatic rings. The van der Waals surface area contributed by atoms with Crippen molar-refractivity contribution < 1.29 is 23.5 Å². The van der Waals surface area contributed by atoms with Crippen molar-refractivity contribution in [3.05, 3.63) is 0 Å². The number of rotatable bonds is 1. The third-order valence-corrected chi connectivity index (χ3v) is 5.89. The second-order valence-corrected chi connectivity index (χ2v) is 7.27. The van der Waals surface area contributed by atoms with E-state index in [-0.39, 0.29) is 12.1 Å². The Labute approximate surface area is 84.0 Å². The van der Waals surface area contributed by atoms with Crippen molar-refractivity contribution in [2.24, 2.45) is 0 Å². The zero-order valence-corrected chi connectivity index (χ0v) is 9.34. The SMILES string of the molecule is CC(C)[Si]12OCC(O)C(O)C(CO1)O2. The molecule has 0 radical (unpaired) electrons. The lowest BCUT2D eigenvalue weighted by Crippen LogP contribution is -2.44. The Balaban J connectivity index is 2.18. The van der Waals surface area contributed by atoms with Crippen LogP contribution in [-0.2, 0) is 13.3 Å². The number of aliphatic hydroxyl groups is 2. The molecule has 2 rings (SSSR count). The quantitative estimate of drug-likeness (QED) is 0.583. The smallest absolute Gasteiger partial charge is 0.388 e. The van der Waals surface area contributed by atoms with E-state index in [1.807, 2.05) is 13.8 Å². The fourth-order valence-electron chi connectivity index (χ4n) is 1.74. The summed E-state index contributed by atoms with van der Waals surface area (Å²) in [6.07, 6.45) is -2.19. The summed E-state index contributed by atoms with van der Waals surface area (Å²) in [5.41, 5.74) is 0.157. The first-order valence-electron chi connectivity index (χ1n) is 4.87. The van der Waals surface area contributed by atoms with Gasteiger partial charge in [-0.25, -0.2) is 0 Å². The van der Waals surface area contributed by atoms with Gasteiger partial charge in [0.15, 0.2) is 0 Å². The maximum Gasteiger partial charge on any atom is 0.504 e. The van der Waals surface area contributed by atoms with Crippen LogP contribution >= 0.6 is 0 Å². The van der Waals surface area contributed by atoms with Gasteiger partial charge < -0.3 is 23.5 Å². The first kappa shape index (κ1) is 10.5. The maximum atomic E-state index is 9.63. The van der Waals surface area contributed by atoms with Crippen LogP contribution in [0.25, 0.3) is 0 Å². The fraction of sp³-hybridized carbons (Fsp3) is 1.00. The molecule has 14 heavy (non-hydrogen) atoms. The van der Waals surface area contributed by atoms with E-state index in [1.165, 1.54) is 0 Å². The van der Waals surface area contributed by atoms with Crippen LogP contribution in [0, 0.1) is 0 Å². The van der Waals surface area contributed by atoms with Gasteiger partial charge in [0.1, 0.15) is 18.3 Å². The Morgan fingerprint density at radius 2 is 1.86 bits per heavy atom. The fourth-order valence-corrected chi connectivity index (χ4v) is 4.33. The van der Waals surface area contributed by atoms with Crippen molar-refractivity contribution in [3.8, 4) is 0 Å². The van der Waals surface area contributed by atoms with Crippen LogP contribution in [0.4, 0.5) is 0 Å². The number of hydrogen-bond acceptors (Lipinski definition) is 5. The van der Waals surface area contributed by atoms with Gasteiger partial charge in [-0.1, -0.05) is 13.8 Å². The van der Waals surface area contributed by atoms with E-state index in [0.717, 1.165) is 0 Å². The molecule has 0 aromatic rings. The summed E-state index contributed by atoms with van der Waals surface area (Å²) in [6, 6.07) is 0. The van der Waals surface area contributed by atoms with E-state index < -0.39 is 27.1 Å². The molecule has 0 aromatic carbocycles. The molecule has 6 heteroatoms. The summed E-state index contributed by atoms with van der Waals surface area (Å²) in [5.74, 6) is 0. The molecular formula is C8H16O5Si. The molecule has 2 fully saturated rings. The zero-order valence-electron chi connectivity index (χ0n) is 8.34. The molecule has 82 valence electrons. The van der Waals surface area contributed by atoms with Crippen molar-refractivity contribution in [1.82, 2.24) is 0 Å². The monoisotopic (exact) mass is 220 g/mol. The Hall–Kier alpha value is 0.0169. The van der Waals surface area contributed by atoms with E-state index in [1.54, 1.807) is 0 Å². The molecule has 4 unspecified atom stereocenters. The summed E-state index contributed by atoms with van der Waals surface area (Å²) in [4.78, 5) is 0. The van der Waals surface area contributed by atoms with Crippen molar-refractivity contribution >= 4 is 8.80 Å². The second-order valence-electron chi connectivity index (χ2n) is 4.09. The molecular weight excluding hydrogens is 204 g/mol. The van der Waals surface area contributed by atoms with E-state index in [9.17, 15) is 10.2 Å². The Kier molecular flexibility index (Phi) is 2.67. The standard InChI is InChI=1S/C8H16O5Si/c1-5(2)14-11-3-6(9)8(10)7(13-14)4-12-14/h5-10H,3-4H2,1-2H3. The van der Waals surface area contributed by atoms with Gasteiger partial charge in [-0.15, -0.1) is 0 Å². The van der Waals surface area contributed by atoms with Crippen LogP contribution in [0.2, 0.25) is 5.54 Å². The lowest BCUT2D eigenvalue weighted by atomic mass is 10.1. The molecule has 0 spiro atoms. The van der Waals surface area contributed by atoms with E-state index >= 15 is 0 Å². The number of hydrogen-bond donors (Lipinski definition) is 2. The van der Waals surface area contributed by atoms with E-state index in [2.05, 4.69) is 0 Å². The maximum absolute atomic E-state index is 9.63. The highest BCUT2D eigenvalue weighted by molar-refractivity contribution is 6.62. The summed E-state index contributed by atoms with van der Waals surface area (Å²) in [7, 11) is -2.61. The Morgan fingerprint density at radius 3 is 2.50 bits per heavy atom. The molecule has 2 N–H and O–H groups in total. The molecule has 2 bridgehead atoms. The molecule has 2 heterocycles. The van der Waals surface area contributed by atoms with Gasteiger partial charge >= 0.3 is 8.80 Å². The molecule has 0 aliphatic carbocycles. The summed E-state index contributed by atoms with van der Waals surface area (Å²) >= 11 is 0. The minimum absolute atomic E-state index is 0.0993. The Bertz CT molecular complexity index is 224. The Morgan fingerprint density at radius 1 is 1.21 bits per heavy atom. The first-order chi connectivity index (χ1) is 6.55. The van der Waals surface area contributed by atoms with Crippen LogP contribution in [0.5, 0.6) is 0 Å². The highest BCUT2D eigenvalue weighted by Crippen LogP contribution is 2.35. The van der Waals surface area contributed by atoms with Crippen LogP contribution in [0.15, 0.2) is 0 Å². The normalized spacial score (nSPS) is 48.2. The molecule has 2 aliphatic heterocycles. The van der Waals surface area contributed by atoms with Gasteiger partial charge in [0, 0.05) is 5.54 Å². The molecule has 4 atom stereocenters. The highest BCUT2D eigenvalue weighted by atomic mass is 28.4. The molecule has 0 saturated carbocycles. The predicted octanol–water partition coefficient (Wildman–Crippen LogP) is -0.497. The van der Waals surface area contributed by atoms with Gasteiger partial charge in [-0.2, -0.15) is 0 Å². The third kappa shape index (κ3) is 1.52. The van der Waals surface area contributed by atoms with Crippen LogP contribution in [-0.4, -0.2) is 50.5 Å². The predicted molar refractivity (Wildman–Crippen MR) is 49.6 cm³/mol. The topological polar surface area (TPSA) is 68.2 Å². The minimum Gasteiger partial charge on any atom is -0.388 e. The average molecular weight is 220 g/mol. The number of aliphatic hydroxyl groups excluding tert-OH is 2. The van der Waals surface area contributed by atoms with Crippen molar-refractivity contribution in [3.63, 3.8) is 0 Å². The van der Waals surface area contributed by atoms with Crippen molar-refractivity contribution in [2.75, 3.05) is 13.2 Å². The third-order valence-electron chi connectivity index (χ3n) is 2.70. The minimum atomic E-state index is -2.61. The highest BCUT2D eigenvalue weighted by Gasteiger charge is 2.56. The summed E-state index contributed by atoms with van der Waals surface area (Å²) in [6.45, 7) is 4.36. The van der Waals surface area contributed by atoms with Gasteiger partial charge in [-0.05, 0) is 0 Å². The van der Waals surface area contributed by atoms with Gasteiger partial charge in [-0.3, -0.25) is 0 Å². The second kappa shape index (κ2) is 3.55. The van der Waals surface area contributed by atoms with Crippen molar-refractivity contribution in [2.45, 2.75) is 37.7 Å². The molecule has 5 nitrogen and oxygen atoms in total. The molecule has 0 amide bonds. The van der Waals surface area contributed by atoms with Gasteiger partial charge in [0.2, 0.25) is 0 Å². The van der Waals surface area contributed by atoms with Crippen molar-refractivity contribution in [1.29, 1.82) is 0 Å². The summed E-state index contributed by atoms with van der Waals surface area (Å²) in [5, 5.41) is 19.1. The van der Waals surface area contributed by atoms with Gasteiger partial charge in [0.25, 0.3) is 0 Å². The first-order valence-corrected chi connectivity index (χ1v) is 6.67. The lowest BCUT2D eigenvalue weighted by Gasteiger charge is -2.25. The lowest BCUT2D eigenvalue weighted by molar-refractivity contribution is -0.0477. The van der Waals surface area contributed by atoms with Crippen LogP contribution in [0.3, 0.4) is 0 Å². The largest absolute Gasteiger partial charge is 0.504 e. The zero-order chi connectivity index (χ0) is 10.3. The average Bonchev–Trinajstić information content (AvgIpc) is 2.53. The molecule has 2 saturated heterocycles. The van der Waals surface area contributed by atoms with Crippen LogP contribution in [0.1, 0.15) is 13.8 Å². The van der Waals surface area contributed by atoms with Crippen LogP contribution < -0.4 is 0 Å². The number of fused-ring (bicyclic) bond motifs is 2. The van der Waals surface area contributed by atoms with E-state index in [4.69, 9.17) is 13.3 Å². The summed E-state index contributed by atoms with van der Waals surface area (Å²) < 4.78 is 16.7. The van der Waals surface area contributed by atoms with E-state index in [0.29, 0.717) is 6.61 Å². The molecule has 0 aromatic heterocycles.